The summed E-state index contributed by atoms with van der Waals surface area (Å²) < 4.78 is 53.6. The van der Waals surface area contributed by atoms with Gasteiger partial charge in [-0.25, -0.2) is 4.79 Å². The smallest absolute Gasteiger partial charge is 0.417 e. The molecule has 37 heavy (non-hydrogen) atoms. The maximum absolute atomic E-state index is 14.3. The number of fused-ring (bicyclic) bond motifs is 1. The van der Waals surface area contributed by atoms with E-state index >= 15 is 0 Å². The Hall–Kier alpha value is -3.06. The Labute approximate surface area is 213 Å². The number of hydrogen-bond donors (Lipinski definition) is 3. The Balaban J connectivity index is 2.15. The Morgan fingerprint density at radius 3 is 2.62 bits per heavy atom. The quantitative estimate of drug-likeness (QED) is 0.473. The van der Waals surface area contributed by atoms with Crippen molar-refractivity contribution in [2.45, 2.75) is 57.5 Å². The maximum Gasteiger partial charge on any atom is 0.417 e. The van der Waals surface area contributed by atoms with Gasteiger partial charge in [0, 0.05) is 38.8 Å². The third kappa shape index (κ3) is 6.09. The summed E-state index contributed by atoms with van der Waals surface area (Å²) in [5, 5.41) is 14.3. The first-order valence-electron chi connectivity index (χ1n) is 12.1. The first kappa shape index (κ1) is 28.5. The maximum atomic E-state index is 14.3. The number of alkyl halides is 3. The van der Waals surface area contributed by atoms with E-state index in [1.54, 1.807) is 13.8 Å². The second-order valence-electron chi connectivity index (χ2n) is 9.62. The number of methoxy groups -OCH3 is 1. The lowest BCUT2D eigenvalue weighted by molar-refractivity contribution is -0.140. The SMILES string of the molecule is COC[C@]1(C)Oc2cc(C(F)(F)F)c(C(=O)N(C(C)C)[C@@H]3CCCNC3)cc2N(CCNC(=O)O)C1=O. The number of carboxylic acid groups (broad SMARTS) is 1. The van der Waals surface area contributed by atoms with Crippen LogP contribution in [0, 0.1) is 0 Å². The third-order valence-corrected chi connectivity index (χ3v) is 6.44. The van der Waals surface area contributed by atoms with Gasteiger partial charge in [0.1, 0.15) is 5.75 Å². The van der Waals surface area contributed by atoms with Crippen LogP contribution in [0.1, 0.15) is 49.5 Å². The number of halogens is 3. The van der Waals surface area contributed by atoms with Gasteiger partial charge in [-0.15, -0.1) is 0 Å². The summed E-state index contributed by atoms with van der Waals surface area (Å²) in [7, 11) is 1.32. The summed E-state index contributed by atoms with van der Waals surface area (Å²) in [6.45, 7) is 5.44. The highest BCUT2D eigenvalue weighted by Crippen LogP contribution is 2.44. The highest BCUT2D eigenvalue weighted by Gasteiger charge is 2.47. The summed E-state index contributed by atoms with van der Waals surface area (Å²) in [5.41, 5.74) is -3.48. The van der Waals surface area contributed by atoms with E-state index in [1.165, 1.54) is 18.9 Å². The molecule has 0 saturated carbocycles. The molecule has 10 nitrogen and oxygen atoms in total. The van der Waals surface area contributed by atoms with Crippen molar-refractivity contribution in [1.29, 1.82) is 0 Å². The van der Waals surface area contributed by atoms with Crippen LogP contribution in [0.4, 0.5) is 23.7 Å². The molecule has 1 aromatic rings. The molecule has 2 aliphatic heterocycles. The number of anilines is 1. The van der Waals surface area contributed by atoms with Crippen LogP contribution in [0.3, 0.4) is 0 Å². The van der Waals surface area contributed by atoms with Gasteiger partial charge in [-0.1, -0.05) is 0 Å². The standard InChI is InChI=1S/C24H33F3N4O6/c1-14(2)31(15-6-5-7-28-12-15)20(32)16-10-18-19(11-17(16)24(25,26)27)37-23(3,13-36-4)21(33)30(18)9-8-29-22(34)35/h10-11,14-15,28-29H,5-9,12-13H2,1-4H3,(H,34,35)/t15-,23+/m1/s1. The van der Waals surface area contributed by atoms with Crippen molar-refractivity contribution in [2.24, 2.45) is 0 Å². The average Bonchev–Trinajstić information content (AvgIpc) is 2.81. The second kappa shape index (κ2) is 11.1. The molecule has 2 aliphatic rings. The topological polar surface area (TPSA) is 120 Å². The zero-order valence-corrected chi connectivity index (χ0v) is 21.3. The zero-order chi connectivity index (χ0) is 27.5. The highest BCUT2D eigenvalue weighted by molar-refractivity contribution is 6.05. The van der Waals surface area contributed by atoms with Crippen LogP contribution in [0.15, 0.2) is 12.1 Å². The molecule has 3 N–H and O–H groups in total. The molecule has 13 heteroatoms. The summed E-state index contributed by atoms with van der Waals surface area (Å²) in [4.78, 5) is 40.6. The predicted molar refractivity (Wildman–Crippen MR) is 128 cm³/mol. The van der Waals surface area contributed by atoms with Crippen LogP contribution in [0.25, 0.3) is 0 Å². The molecule has 0 unspecified atom stereocenters. The summed E-state index contributed by atoms with van der Waals surface area (Å²) in [6, 6.07) is 1.08. The Morgan fingerprint density at radius 1 is 1.38 bits per heavy atom. The number of carbonyl (C=O) groups excluding carboxylic acids is 2. The third-order valence-electron chi connectivity index (χ3n) is 6.44. The van der Waals surface area contributed by atoms with E-state index in [4.69, 9.17) is 14.6 Å². The van der Waals surface area contributed by atoms with Crippen molar-refractivity contribution in [3.63, 3.8) is 0 Å². The van der Waals surface area contributed by atoms with Gasteiger partial charge in [0.15, 0.2) is 0 Å². The zero-order valence-electron chi connectivity index (χ0n) is 21.3. The molecule has 1 aromatic carbocycles. The number of carbonyl (C=O) groups is 3. The monoisotopic (exact) mass is 530 g/mol. The second-order valence-corrected chi connectivity index (χ2v) is 9.62. The molecule has 2 heterocycles. The van der Waals surface area contributed by atoms with Gasteiger partial charge < -0.3 is 35.0 Å². The first-order chi connectivity index (χ1) is 17.3. The van der Waals surface area contributed by atoms with Crippen molar-refractivity contribution >= 4 is 23.6 Å². The highest BCUT2D eigenvalue weighted by atomic mass is 19.4. The number of piperidine rings is 1. The molecule has 1 saturated heterocycles. The first-order valence-corrected chi connectivity index (χ1v) is 12.1. The van der Waals surface area contributed by atoms with Crippen LogP contribution < -0.4 is 20.3 Å². The van der Waals surface area contributed by atoms with Gasteiger partial charge in [-0.2, -0.15) is 13.2 Å². The molecule has 0 aliphatic carbocycles. The van der Waals surface area contributed by atoms with Crippen molar-refractivity contribution < 1.29 is 42.1 Å². The minimum absolute atomic E-state index is 0.0485. The molecule has 3 rings (SSSR count). The Kier molecular flexibility index (Phi) is 8.58. The lowest BCUT2D eigenvalue weighted by Gasteiger charge is -2.41. The number of nitrogens with zero attached hydrogens (tertiary/aromatic N) is 2. The van der Waals surface area contributed by atoms with Crippen LogP contribution in [-0.2, 0) is 15.7 Å². The minimum atomic E-state index is -4.88. The molecule has 3 amide bonds. The fourth-order valence-corrected chi connectivity index (χ4v) is 4.85. The summed E-state index contributed by atoms with van der Waals surface area (Å²) in [6.07, 6.45) is -4.78. The fourth-order valence-electron chi connectivity index (χ4n) is 4.85. The number of amides is 3. The largest absolute Gasteiger partial charge is 0.473 e. The van der Waals surface area contributed by atoms with Crippen molar-refractivity contribution in [3.05, 3.63) is 23.3 Å². The lowest BCUT2D eigenvalue weighted by Crippen LogP contribution is -2.58. The fraction of sp³-hybridized carbons (Fsp3) is 0.625. The number of rotatable bonds is 8. The number of ether oxygens (including phenoxy) is 2. The van der Waals surface area contributed by atoms with E-state index in [0.29, 0.717) is 13.0 Å². The lowest BCUT2D eigenvalue weighted by atomic mass is 9.96. The molecule has 0 spiro atoms. The molecule has 1 fully saturated rings. The normalized spacial score (nSPS) is 21.9. The predicted octanol–water partition coefficient (Wildman–Crippen LogP) is 2.71. The molecule has 2 atom stereocenters. The molecular weight excluding hydrogens is 497 g/mol. The van der Waals surface area contributed by atoms with E-state index in [9.17, 15) is 27.6 Å². The molecular formula is C24H33F3N4O6. The van der Waals surface area contributed by atoms with Crippen molar-refractivity contribution in [1.82, 2.24) is 15.5 Å². The van der Waals surface area contributed by atoms with E-state index in [0.717, 1.165) is 30.0 Å². The summed E-state index contributed by atoms with van der Waals surface area (Å²) >= 11 is 0. The Bertz CT molecular complexity index is 1030. The average molecular weight is 531 g/mol. The van der Waals surface area contributed by atoms with Gasteiger partial charge in [0.2, 0.25) is 5.60 Å². The van der Waals surface area contributed by atoms with Gasteiger partial charge >= 0.3 is 12.3 Å². The van der Waals surface area contributed by atoms with E-state index < -0.39 is 40.8 Å². The van der Waals surface area contributed by atoms with E-state index in [1.807, 2.05) is 0 Å². The Morgan fingerprint density at radius 2 is 2.08 bits per heavy atom. The summed E-state index contributed by atoms with van der Waals surface area (Å²) in [5.74, 6) is -1.70. The van der Waals surface area contributed by atoms with Crippen LogP contribution in [0.5, 0.6) is 5.75 Å². The van der Waals surface area contributed by atoms with Gasteiger partial charge in [0.25, 0.3) is 11.8 Å². The number of hydrogen-bond acceptors (Lipinski definition) is 6. The van der Waals surface area contributed by atoms with Gasteiger partial charge in [0.05, 0.1) is 23.4 Å². The minimum Gasteiger partial charge on any atom is -0.473 e. The van der Waals surface area contributed by atoms with Crippen molar-refractivity contribution in [2.75, 3.05) is 44.8 Å². The van der Waals surface area contributed by atoms with Crippen LogP contribution >= 0.6 is 0 Å². The molecule has 0 aromatic heterocycles. The number of benzene rings is 1. The molecule has 0 bridgehead atoms. The van der Waals surface area contributed by atoms with Crippen LogP contribution in [-0.4, -0.2) is 85.5 Å². The van der Waals surface area contributed by atoms with Gasteiger partial charge in [-0.05, 0) is 52.3 Å². The van der Waals surface area contributed by atoms with Crippen molar-refractivity contribution in [3.8, 4) is 5.75 Å². The molecule has 0 radical (unpaired) electrons. The van der Waals surface area contributed by atoms with E-state index in [-0.39, 0.29) is 43.2 Å². The molecule has 206 valence electrons. The van der Waals surface area contributed by atoms with Crippen LogP contribution in [0.2, 0.25) is 0 Å². The van der Waals surface area contributed by atoms with Gasteiger partial charge in [-0.3, -0.25) is 9.59 Å². The number of nitrogens with one attached hydrogen (secondary N) is 2. The van der Waals surface area contributed by atoms with E-state index in [2.05, 4.69) is 10.6 Å².